The largest absolute Gasteiger partial charge is 0.495 e. The zero-order chi connectivity index (χ0) is 21.1. The number of hydrogen-bond donors (Lipinski definition) is 2. The minimum absolute atomic E-state index is 0.194. The van der Waals surface area contributed by atoms with Crippen LogP contribution in [0.4, 0.5) is 5.69 Å². The van der Waals surface area contributed by atoms with E-state index in [-0.39, 0.29) is 11.0 Å². The van der Waals surface area contributed by atoms with E-state index >= 15 is 0 Å². The number of benzene rings is 3. The number of fused-ring (bicyclic) bond motifs is 1. The fourth-order valence-electron chi connectivity index (χ4n) is 2.84. The normalized spacial score (nSPS) is 10.6. The number of thiazole rings is 1. The summed E-state index contributed by atoms with van der Waals surface area (Å²) in [6.45, 7) is 0. The molecule has 0 spiro atoms. The van der Waals surface area contributed by atoms with E-state index in [4.69, 9.17) is 28.6 Å². The molecular formula is C22H16ClN3O2S2. The number of ether oxygens (including phenoxy) is 1. The molecule has 4 aromatic rings. The summed E-state index contributed by atoms with van der Waals surface area (Å²) >= 11 is 13.0. The van der Waals surface area contributed by atoms with Crippen molar-refractivity contribution in [1.82, 2.24) is 10.3 Å². The van der Waals surface area contributed by atoms with E-state index in [2.05, 4.69) is 21.7 Å². The number of para-hydroxylation sites is 1. The highest BCUT2D eigenvalue weighted by atomic mass is 35.5. The summed E-state index contributed by atoms with van der Waals surface area (Å²) < 4.78 is 6.24. The molecule has 0 atom stereocenters. The Morgan fingerprint density at radius 3 is 2.57 bits per heavy atom. The van der Waals surface area contributed by atoms with E-state index in [0.717, 1.165) is 26.5 Å². The molecular weight excluding hydrogens is 438 g/mol. The number of amides is 1. The SMILES string of the molecule is COc1ccc(C(=O)NC(=S)Nc2ccc(-c3nc4ccccc4s3)cc2)cc1Cl. The Balaban J connectivity index is 1.41. The molecule has 0 radical (unpaired) electrons. The molecule has 0 bridgehead atoms. The Morgan fingerprint density at radius 1 is 1.10 bits per heavy atom. The fraction of sp³-hybridized carbons (Fsp3) is 0.0455. The molecule has 1 aromatic heterocycles. The molecule has 0 fully saturated rings. The molecule has 0 aliphatic heterocycles. The van der Waals surface area contributed by atoms with Crippen LogP contribution in [0, 0.1) is 0 Å². The van der Waals surface area contributed by atoms with E-state index in [1.165, 1.54) is 13.2 Å². The lowest BCUT2D eigenvalue weighted by Crippen LogP contribution is -2.34. The lowest BCUT2D eigenvalue weighted by molar-refractivity contribution is 0.0977. The molecule has 2 N–H and O–H groups in total. The van der Waals surface area contributed by atoms with Crippen LogP contribution < -0.4 is 15.4 Å². The summed E-state index contributed by atoms with van der Waals surface area (Å²) in [5.74, 6) is 0.144. The van der Waals surface area contributed by atoms with Crippen molar-refractivity contribution in [2.45, 2.75) is 0 Å². The molecule has 0 saturated heterocycles. The van der Waals surface area contributed by atoms with Crippen LogP contribution in [0.1, 0.15) is 10.4 Å². The van der Waals surface area contributed by atoms with Crippen molar-refractivity contribution in [3.8, 4) is 16.3 Å². The van der Waals surface area contributed by atoms with Gasteiger partial charge in [-0.3, -0.25) is 10.1 Å². The summed E-state index contributed by atoms with van der Waals surface area (Å²) in [4.78, 5) is 17.0. The maximum Gasteiger partial charge on any atom is 0.257 e. The van der Waals surface area contributed by atoms with Crippen LogP contribution >= 0.6 is 35.2 Å². The third kappa shape index (κ3) is 4.43. The predicted molar refractivity (Wildman–Crippen MR) is 127 cm³/mol. The monoisotopic (exact) mass is 453 g/mol. The van der Waals surface area contributed by atoms with E-state index in [1.54, 1.807) is 23.5 Å². The number of halogens is 1. The molecule has 1 heterocycles. The van der Waals surface area contributed by atoms with Gasteiger partial charge in [0.05, 0.1) is 22.3 Å². The van der Waals surface area contributed by atoms with Gasteiger partial charge in [-0.25, -0.2) is 4.98 Å². The number of aromatic nitrogens is 1. The van der Waals surface area contributed by atoms with Crippen molar-refractivity contribution in [3.63, 3.8) is 0 Å². The van der Waals surface area contributed by atoms with Crippen LogP contribution in [0.3, 0.4) is 0 Å². The molecule has 1 amide bonds. The Bertz CT molecular complexity index is 1210. The molecule has 150 valence electrons. The number of hydrogen-bond acceptors (Lipinski definition) is 5. The summed E-state index contributed by atoms with van der Waals surface area (Å²) in [6.07, 6.45) is 0. The first-order chi connectivity index (χ1) is 14.5. The van der Waals surface area contributed by atoms with Gasteiger partial charge >= 0.3 is 0 Å². The van der Waals surface area contributed by atoms with Crippen molar-refractivity contribution >= 4 is 62.1 Å². The maximum absolute atomic E-state index is 12.4. The molecule has 30 heavy (non-hydrogen) atoms. The van der Waals surface area contributed by atoms with Crippen molar-refractivity contribution in [3.05, 3.63) is 77.3 Å². The summed E-state index contributed by atoms with van der Waals surface area (Å²) in [5, 5.41) is 7.16. The molecule has 0 aliphatic rings. The number of anilines is 1. The van der Waals surface area contributed by atoms with Gasteiger partial charge in [-0.05, 0) is 66.8 Å². The molecule has 8 heteroatoms. The van der Waals surface area contributed by atoms with Crippen LogP contribution in [-0.2, 0) is 0 Å². The quantitative estimate of drug-likeness (QED) is 0.385. The molecule has 5 nitrogen and oxygen atoms in total. The lowest BCUT2D eigenvalue weighted by Gasteiger charge is -2.11. The first-order valence-corrected chi connectivity index (χ1v) is 10.6. The second kappa shape index (κ2) is 8.79. The van der Waals surface area contributed by atoms with Gasteiger partial charge in [-0.1, -0.05) is 23.7 Å². The number of thiocarbonyl (C=S) groups is 1. The first kappa shape index (κ1) is 20.3. The van der Waals surface area contributed by atoms with Gasteiger partial charge in [-0.2, -0.15) is 0 Å². The zero-order valence-electron chi connectivity index (χ0n) is 15.8. The average molecular weight is 454 g/mol. The standard InChI is InChI=1S/C22H16ClN3O2S2/c1-28-18-11-8-14(12-16(18)23)20(27)26-22(29)24-15-9-6-13(7-10-15)21-25-17-4-2-3-5-19(17)30-21/h2-12H,1H3,(H2,24,26,27,29). The van der Waals surface area contributed by atoms with Crippen molar-refractivity contribution in [2.75, 3.05) is 12.4 Å². The number of carbonyl (C=O) groups excluding carboxylic acids is 1. The number of nitrogens with one attached hydrogen (secondary N) is 2. The number of nitrogens with zero attached hydrogens (tertiary/aromatic N) is 1. The third-order valence-electron chi connectivity index (χ3n) is 4.32. The third-order valence-corrected chi connectivity index (χ3v) is 5.91. The lowest BCUT2D eigenvalue weighted by atomic mass is 10.2. The van der Waals surface area contributed by atoms with Gasteiger partial charge in [0.2, 0.25) is 0 Å². The zero-order valence-corrected chi connectivity index (χ0v) is 18.2. The number of methoxy groups -OCH3 is 1. The van der Waals surface area contributed by atoms with Crippen molar-refractivity contribution in [1.29, 1.82) is 0 Å². The maximum atomic E-state index is 12.4. The Morgan fingerprint density at radius 2 is 1.87 bits per heavy atom. The van der Waals surface area contributed by atoms with E-state index in [1.807, 2.05) is 42.5 Å². The second-order valence-electron chi connectivity index (χ2n) is 6.32. The fourth-order valence-corrected chi connectivity index (χ4v) is 4.28. The van der Waals surface area contributed by atoms with E-state index in [9.17, 15) is 4.79 Å². The molecule has 3 aromatic carbocycles. The average Bonchev–Trinajstić information content (AvgIpc) is 3.18. The van der Waals surface area contributed by atoms with Gasteiger partial charge in [0, 0.05) is 16.8 Å². The molecule has 4 rings (SSSR count). The first-order valence-electron chi connectivity index (χ1n) is 8.95. The topological polar surface area (TPSA) is 63.2 Å². The minimum Gasteiger partial charge on any atom is -0.495 e. The minimum atomic E-state index is -0.358. The van der Waals surface area contributed by atoms with Crippen molar-refractivity contribution < 1.29 is 9.53 Å². The Hall–Kier alpha value is -3.00. The highest BCUT2D eigenvalue weighted by Crippen LogP contribution is 2.30. The second-order valence-corrected chi connectivity index (χ2v) is 8.17. The van der Waals surface area contributed by atoms with Crippen LogP contribution in [0.2, 0.25) is 5.02 Å². The van der Waals surface area contributed by atoms with E-state index < -0.39 is 0 Å². The van der Waals surface area contributed by atoms with Gasteiger partial charge in [0.1, 0.15) is 10.8 Å². The van der Waals surface area contributed by atoms with Gasteiger partial charge < -0.3 is 10.1 Å². The van der Waals surface area contributed by atoms with E-state index in [0.29, 0.717) is 16.3 Å². The number of rotatable bonds is 4. The van der Waals surface area contributed by atoms with Crippen molar-refractivity contribution in [2.24, 2.45) is 0 Å². The van der Waals surface area contributed by atoms with Crippen LogP contribution in [0.25, 0.3) is 20.8 Å². The van der Waals surface area contributed by atoms with Gasteiger partial charge in [0.15, 0.2) is 5.11 Å². The predicted octanol–water partition coefficient (Wildman–Crippen LogP) is 5.75. The summed E-state index contributed by atoms with van der Waals surface area (Å²) in [7, 11) is 1.52. The summed E-state index contributed by atoms with van der Waals surface area (Å²) in [5.41, 5.74) is 3.15. The van der Waals surface area contributed by atoms with Gasteiger partial charge in [-0.15, -0.1) is 11.3 Å². The highest BCUT2D eigenvalue weighted by molar-refractivity contribution is 7.80. The van der Waals surface area contributed by atoms with Crippen LogP contribution in [-0.4, -0.2) is 23.1 Å². The summed E-state index contributed by atoms with van der Waals surface area (Å²) in [6, 6.07) is 20.6. The van der Waals surface area contributed by atoms with Crippen LogP contribution in [0.5, 0.6) is 5.75 Å². The highest BCUT2D eigenvalue weighted by Gasteiger charge is 2.11. The Labute approximate surface area is 187 Å². The van der Waals surface area contributed by atoms with Crippen LogP contribution in [0.15, 0.2) is 66.7 Å². The molecule has 0 saturated carbocycles. The van der Waals surface area contributed by atoms with Gasteiger partial charge in [0.25, 0.3) is 5.91 Å². The smallest absolute Gasteiger partial charge is 0.257 e. The number of carbonyl (C=O) groups is 1. The Kier molecular flexibility index (Phi) is 5.94. The molecule has 0 unspecified atom stereocenters. The molecule has 0 aliphatic carbocycles.